The summed E-state index contributed by atoms with van der Waals surface area (Å²) in [7, 11) is -5.76. The molecule has 0 fully saturated rings. The molecule has 0 amide bonds. The van der Waals surface area contributed by atoms with Crippen LogP contribution in [0.15, 0.2) is 30.7 Å². The van der Waals surface area contributed by atoms with Gasteiger partial charge in [-0.15, -0.1) is 0 Å². The molecule has 172 valence electrons. The van der Waals surface area contributed by atoms with Crippen molar-refractivity contribution >= 4 is 15.7 Å². The van der Waals surface area contributed by atoms with Crippen LogP contribution in [0.25, 0.3) is 0 Å². The third-order valence-corrected chi connectivity index (χ3v) is 6.69. The van der Waals surface area contributed by atoms with Crippen molar-refractivity contribution in [2.75, 3.05) is 11.4 Å². The predicted molar refractivity (Wildman–Crippen MR) is 100 cm³/mol. The predicted octanol–water partition coefficient (Wildman–Crippen LogP) is 4.12. The maximum atomic E-state index is 13.3. The molecule has 3 rings (SSSR count). The fraction of sp³-hybridized carbons (Fsp3) is 0.500. The fourth-order valence-electron chi connectivity index (χ4n) is 3.57. The van der Waals surface area contributed by atoms with E-state index < -0.39 is 46.4 Å². The number of aromatic amines is 1. The van der Waals surface area contributed by atoms with Crippen molar-refractivity contribution < 1.29 is 34.8 Å². The molecule has 1 aromatic carbocycles. The maximum Gasteiger partial charge on any atom is 0.511 e. The zero-order valence-electron chi connectivity index (χ0n) is 16.5. The average Bonchev–Trinajstić information content (AvgIpc) is 3.08. The molecule has 0 saturated heterocycles. The van der Waals surface area contributed by atoms with Gasteiger partial charge in [0.15, 0.2) is 0 Å². The topological polar surface area (TPSA) is 69.3 Å². The summed E-state index contributed by atoms with van der Waals surface area (Å²) in [6.45, 7) is 2.14. The van der Waals surface area contributed by atoms with E-state index in [2.05, 4.69) is 9.97 Å². The molecular formula is C18H20F6N4O2S. The molecule has 1 N–H and O–H groups in total. The molecule has 31 heavy (non-hydrogen) atoms. The van der Waals surface area contributed by atoms with Gasteiger partial charge in [-0.2, -0.15) is 30.6 Å². The van der Waals surface area contributed by atoms with E-state index in [4.69, 9.17) is 0 Å². The zero-order valence-corrected chi connectivity index (χ0v) is 17.3. The van der Waals surface area contributed by atoms with Crippen LogP contribution in [-0.4, -0.2) is 40.8 Å². The summed E-state index contributed by atoms with van der Waals surface area (Å²) in [4.78, 5) is 8.36. The van der Waals surface area contributed by atoms with E-state index in [9.17, 15) is 34.8 Å². The number of nitrogens with one attached hydrogen (secondary N) is 1. The van der Waals surface area contributed by atoms with Crippen LogP contribution < -0.4 is 4.90 Å². The lowest BCUT2D eigenvalue weighted by molar-refractivity contribution is -0.137. The molecule has 0 aliphatic carbocycles. The quantitative estimate of drug-likeness (QED) is 0.683. The number of nitrogens with zero attached hydrogens (tertiary/aromatic N) is 3. The molecular weight excluding hydrogens is 450 g/mol. The standard InChI is InChI=1S/C18H20F6N4O2S/c1-11(2)16-9-27(31(29,30)18(22,23)24)7-12-5-13(17(19,20)21)3-4-15(12)28(16)8-14-6-25-10-26-14/h3-6,10-11,16H,7-9H2,1-2H3,(H,25,26). The second kappa shape index (κ2) is 8.01. The van der Waals surface area contributed by atoms with Gasteiger partial charge in [0, 0.05) is 31.0 Å². The van der Waals surface area contributed by atoms with E-state index in [0.717, 1.165) is 6.07 Å². The third-order valence-electron chi connectivity index (χ3n) is 5.15. The van der Waals surface area contributed by atoms with Crippen LogP contribution in [0.5, 0.6) is 0 Å². The Bertz CT molecular complexity index is 1020. The average molecular weight is 470 g/mol. The van der Waals surface area contributed by atoms with Crippen LogP contribution in [0.1, 0.15) is 30.7 Å². The molecule has 2 aromatic rings. The first kappa shape index (κ1) is 23.4. The Morgan fingerprint density at radius 2 is 1.87 bits per heavy atom. The number of H-pyrrole nitrogens is 1. The summed E-state index contributed by atoms with van der Waals surface area (Å²) in [6.07, 6.45) is -1.86. The molecule has 2 heterocycles. The number of benzene rings is 1. The molecule has 0 radical (unpaired) electrons. The minimum atomic E-state index is -5.76. The van der Waals surface area contributed by atoms with Crippen LogP contribution in [0, 0.1) is 5.92 Å². The number of rotatable bonds is 4. The third kappa shape index (κ3) is 4.66. The van der Waals surface area contributed by atoms with E-state index >= 15 is 0 Å². The number of hydrogen-bond donors (Lipinski definition) is 1. The molecule has 1 aromatic heterocycles. The van der Waals surface area contributed by atoms with Gasteiger partial charge in [0.1, 0.15) is 0 Å². The van der Waals surface area contributed by atoms with E-state index in [1.165, 1.54) is 18.6 Å². The summed E-state index contributed by atoms with van der Waals surface area (Å²) in [5, 5.41) is 0. The van der Waals surface area contributed by atoms with E-state index in [1.807, 2.05) is 0 Å². The van der Waals surface area contributed by atoms with Crippen molar-refractivity contribution in [2.24, 2.45) is 5.92 Å². The molecule has 1 aliphatic heterocycles. The van der Waals surface area contributed by atoms with Gasteiger partial charge in [0.05, 0.1) is 24.1 Å². The summed E-state index contributed by atoms with van der Waals surface area (Å²) in [5.74, 6) is -0.318. The molecule has 1 atom stereocenters. The normalized spacial score (nSPS) is 18.9. The van der Waals surface area contributed by atoms with Crippen molar-refractivity contribution in [2.45, 2.75) is 44.7 Å². The second-order valence-corrected chi connectivity index (χ2v) is 9.53. The van der Waals surface area contributed by atoms with E-state index in [0.29, 0.717) is 11.8 Å². The first-order valence-electron chi connectivity index (χ1n) is 9.22. The van der Waals surface area contributed by atoms with Gasteiger partial charge < -0.3 is 9.88 Å². The maximum absolute atomic E-state index is 13.3. The van der Waals surface area contributed by atoms with Gasteiger partial charge in [-0.1, -0.05) is 13.8 Å². The van der Waals surface area contributed by atoms with Gasteiger partial charge in [-0.05, 0) is 29.7 Å². The zero-order chi connectivity index (χ0) is 23.2. The highest BCUT2D eigenvalue weighted by molar-refractivity contribution is 7.89. The highest BCUT2D eigenvalue weighted by Gasteiger charge is 2.51. The lowest BCUT2D eigenvalue weighted by Gasteiger charge is -2.36. The first-order chi connectivity index (χ1) is 14.2. The Labute approximate surface area is 174 Å². The first-order valence-corrected chi connectivity index (χ1v) is 10.7. The molecule has 0 bridgehead atoms. The minimum absolute atomic E-state index is 0.0983. The Kier molecular flexibility index (Phi) is 6.04. The van der Waals surface area contributed by atoms with Crippen LogP contribution in [-0.2, 0) is 29.3 Å². The number of hydrogen-bond acceptors (Lipinski definition) is 4. The highest BCUT2D eigenvalue weighted by Crippen LogP contribution is 2.39. The van der Waals surface area contributed by atoms with Crippen LogP contribution in [0.4, 0.5) is 32.0 Å². The lowest BCUT2D eigenvalue weighted by atomic mass is 10.0. The monoisotopic (exact) mass is 470 g/mol. The largest absolute Gasteiger partial charge is 0.511 e. The van der Waals surface area contributed by atoms with Gasteiger partial charge in [-0.25, -0.2) is 13.4 Å². The van der Waals surface area contributed by atoms with Crippen molar-refractivity contribution in [3.8, 4) is 0 Å². The number of halogens is 6. The minimum Gasteiger partial charge on any atom is -0.361 e. The summed E-state index contributed by atoms with van der Waals surface area (Å²) in [6, 6.07) is 1.98. The summed E-state index contributed by atoms with van der Waals surface area (Å²) >= 11 is 0. The van der Waals surface area contributed by atoms with Crippen molar-refractivity contribution in [1.82, 2.24) is 14.3 Å². The van der Waals surface area contributed by atoms with E-state index in [-0.39, 0.29) is 28.0 Å². The molecule has 1 unspecified atom stereocenters. The smallest absolute Gasteiger partial charge is 0.361 e. The molecule has 1 aliphatic rings. The Morgan fingerprint density at radius 3 is 2.39 bits per heavy atom. The van der Waals surface area contributed by atoms with Crippen molar-refractivity contribution in [3.05, 3.63) is 47.5 Å². The Hall–Kier alpha value is -2.28. The van der Waals surface area contributed by atoms with Crippen molar-refractivity contribution in [3.63, 3.8) is 0 Å². The number of anilines is 1. The Morgan fingerprint density at radius 1 is 1.19 bits per heavy atom. The van der Waals surface area contributed by atoms with Gasteiger partial charge in [0.25, 0.3) is 0 Å². The second-order valence-electron chi connectivity index (χ2n) is 7.60. The Balaban J connectivity index is 2.18. The molecule has 0 saturated carbocycles. The van der Waals surface area contributed by atoms with E-state index in [1.54, 1.807) is 18.7 Å². The molecule has 0 spiro atoms. The summed E-state index contributed by atoms with van der Waals surface area (Å²) < 4.78 is 104. The number of sulfonamides is 1. The van der Waals surface area contributed by atoms with Crippen LogP contribution >= 0.6 is 0 Å². The summed E-state index contributed by atoms with van der Waals surface area (Å²) in [5.41, 5.74) is -6.00. The van der Waals surface area contributed by atoms with Crippen molar-refractivity contribution in [1.29, 1.82) is 0 Å². The van der Waals surface area contributed by atoms with Gasteiger partial charge in [-0.3, -0.25) is 0 Å². The van der Waals surface area contributed by atoms with Crippen LogP contribution in [0.2, 0.25) is 0 Å². The van der Waals surface area contributed by atoms with Gasteiger partial charge in [0.2, 0.25) is 0 Å². The fourth-order valence-corrected chi connectivity index (χ4v) is 4.52. The SMILES string of the molecule is CC(C)C1CN(S(=O)(=O)C(F)(F)F)Cc2cc(C(F)(F)F)ccc2N1Cc1cnc[nH]1. The lowest BCUT2D eigenvalue weighted by Crippen LogP contribution is -2.48. The number of fused-ring (bicyclic) bond motifs is 1. The van der Waals surface area contributed by atoms with Gasteiger partial charge >= 0.3 is 21.7 Å². The molecule has 6 nitrogen and oxygen atoms in total. The highest BCUT2D eigenvalue weighted by atomic mass is 32.2. The number of aromatic nitrogens is 2. The number of alkyl halides is 6. The molecule has 13 heteroatoms. The van der Waals surface area contributed by atoms with Crippen LogP contribution in [0.3, 0.4) is 0 Å². The number of imidazole rings is 1.